The maximum absolute atomic E-state index is 11.2. The van der Waals surface area contributed by atoms with Crippen molar-refractivity contribution in [3.05, 3.63) is 29.8 Å². The number of rotatable bonds is 5. The van der Waals surface area contributed by atoms with Gasteiger partial charge in [-0.1, -0.05) is 25.1 Å². The molecule has 4 nitrogen and oxygen atoms in total. The van der Waals surface area contributed by atoms with Gasteiger partial charge in [0.15, 0.2) is 0 Å². The topological polar surface area (TPSA) is 72.2 Å². The minimum absolute atomic E-state index is 0.246. The van der Waals surface area contributed by atoms with Crippen molar-refractivity contribution in [3.63, 3.8) is 0 Å². The summed E-state index contributed by atoms with van der Waals surface area (Å²) in [5.41, 5.74) is 7.13. The number of hydrogen-bond acceptors (Lipinski definition) is 3. The van der Waals surface area contributed by atoms with E-state index in [0.717, 1.165) is 18.2 Å². The van der Waals surface area contributed by atoms with Crippen LogP contribution in [-0.4, -0.2) is 21.2 Å². The Morgan fingerprint density at radius 1 is 1.38 bits per heavy atom. The van der Waals surface area contributed by atoms with Crippen LogP contribution in [0.2, 0.25) is 0 Å². The first-order chi connectivity index (χ1) is 7.44. The fourth-order valence-electron chi connectivity index (χ4n) is 1.62. The van der Waals surface area contributed by atoms with Crippen molar-refractivity contribution >= 4 is 15.7 Å². The van der Waals surface area contributed by atoms with Gasteiger partial charge in [-0.2, -0.15) is 0 Å². The average Bonchev–Trinajstić information content (AvgIpc) is 2.16. The number of sulfonamides is 1. The van der Waals surface area contributed by atoms with Crippen LogP contribution in [0, 0.1) is 0 Å². The van der Waals surface area contributed by atoms with Gasteiger partial charge in [0.1, 0.15) is 0 Å². The second kappa shape index (κ2) is 5.32. The Kier molecular flexibility index (Phi) is 4.32. The molecule has 5 heteroatoms. The maximum atomic E-state index is 11.2. The first-order valence-electron chi connectivity index (χ1n) is 5.21. The predicted molar refractivity (Wildman–Crippen MR) is 67.0 cm³/mol. The highest BCUT2D eigenvalue weighted by Crippen LogP contribution is 2.26. The molecule has 1 aromatic rings. The minimum atomic E-state index is -3.23. The van der Waals surface area contributed by atoms with Gasteiger partial charge >= 0.3 is 0 Å². The van der Waals surface area contributed by atoms with Gasteiger partial charge < -0.3 is 5.73 Å². The molecule has 1 rings (SSSR count). The fourth-order valence-corrected chi connectivity index (χ4v) is 2.21. The molecule has 1 aromatic carbocycles. The summed E-state index contributed by atoms with van der Waals surface area (Å²) in [6.07, 6.45) is 1.99. The Bertz CT molecular complexity index is 443. The third-order valence-electron chi connectivity index (χ3n) is 2.39. The Balaban J connectivity index is 3.00. The molecular formula is C11H18N2O2S. The summed E-state index contributed by atoms with van der Waals surface area (Å²) in [5, 5.41) is 0. The monoisotopic (exact) mass is 242 g/mol. The zero-order chi connectivity index (χ0) is 12.2. The molecule has 16 heavy (non-hydrogen) atoms. The van der Waals surface area contributed by atoms with E-state index in [9.17, 15) is 8.42 Å². The number of nitrogens with one attached hydrogen (secondary N) is 1. The normalized spacial score (nSPS) is 13.4. The second-order valence-corrected chi connectivity index (χ2v) is 5.69. The molecule has 0 saturated heterocycles. The largest absolute Gasteiger partial charge is 0.330 e. The summed E-state index contributed by atoms with van der Waals surface area (Å²) in [5.74, 6) is 0.246. The van der Waals surface area contributed by atoms with Gasteiger partial charge in [0.05, 0.1) is 11.9 Å². The molecular weight excluding hydrogens is 224 g/mol. The number of nitrogens with two attached hydrogens (primary N) is 1. The summed E-state index contributed by atoms with van der Waals surface area (Å²) in [7, 11) is -3.23. The zero-order valence-electron chi connectivity index (χ0n) is 9.60. The van der Waals surface area contributed by atoms with Crippen molar-refractivity contribution < 1.29 is 8.42 Å². The molecule has 0 aliphatic rings. The molecule has 0 aliphatic heterocycles. The Labute approximate surface area is 96.9 Å². The summed E-state index contributed by atoms with van der Waals surface area (Å²) in [4.78, 5) is 0. The van der Waals surface area contributed by atoms with Gasteiger partial charge in [-0.05, 0) is 30.5 Å². The second-order valence-electron chi connectivity index (χ2n) is 3.94. The number of hydrogen-bond donors (Lipinski definition) is 2. The van der Waals surface area contributed by atoms with E-state index in [1.165, 1.54) is 0 Å². The molecule has 0 aliphatic carbocycles. The van der Waals surface area contributed by atoms with Crippen molar-refractivity contribution in [3.8, 4) is 0 Å². The summed E-state index contributed by atoms with van der Waals surface area (Å²) in [6, 6.07) is 7.40. The minimum Gasteiger partial charge on any atom is -0.330 e. The van der Waals surface area contributed by atoms with Gasteiger partial charge in [-0.25, -0.2) is 8.42 Å². The summed E-state index contributed by atoms with van der Waals surface area (Å²) in [6.45, 7) is 2.63. The number of anilines is 1. The van der Waals surface area contributed by atoms with Crippen LogP contribution >= 0.6 is 0 Å². The Morgan fingerprint density at radius 3 is 2.56 bits per heavy atom. The van der Waals surface area contributed by atoms with E-state index >= 15 is 0 Å². The molecule has 90 valence electrons. The lowest BCUT2D eigenvalue weighted by molar-refractivity contribution is 0.606. The van der Waals surface area contributed by atoms with Crippen LogP contribution in [-0.2, 0) is 10.0 Å². The van der Waals surface area contributed by atoms with Crippen LogP contribution in [0.5, 0.6) is 0 Å². The van der Waals surface area contributed by atoms with Crippen molar-refractivity contribution in [1.29, 1.82) is 0 Å². The van der Waals surface area contributed by atoms with E-state index in [4.69, 9.17) is 5.73 Å². The first kappa shape index (κ1) is 13.0. The van der Waals surface area contributed by atoms with Gasteiger partial charge in [-0.3, -0.25) is 4.72 Å². The lowest BCUT2D eigenvalue weighted by atomic mass is 9.96. The van der Waals surface area contributed by atoms with Gasteiger partial charge in [0.2, 0.25) is 10.0 Å². The predicted octanol–water partition coefficient (Wildman–Crippen LogP) is 1.51. The molecule has 0 heterocycles. The van der Waals surface area contributed by atoms with Crippen molar-refractivity contribution in [2.45, 2.75) is 19.3 Å². The smallest absolute Gasteiger partial charge is 0.229 e. The van der Waals surface area contributed by atoms with Crippen LogP contribution < -0.4 is 10.5 Å². The van der Waals surface area contributed by atoms with E-state index in [2.05, 4.69) is 4.72 Å². The van der Waals surface area contributed by atoms with Crippen LogP contribution in [0.15, 0.2) is 24.3 Å². The highest BCUT2D eigenvalue weighted by molar-refractivity contribution is 7.92. The van der Waals surface area contributed by atoms with Crippen LogP contribution in [0.3, 0.4) is 0 Å². The highest BCUT2D eigenvalue weighted by atomic mass is 32.2. The molecule has 0 amide bonds. The van der Waals surface area contributed by atoms with Crippen LogP contribution in [0.4, 0.5) is 5.69 Å². The molecule has 0 radical (unpaired) electrons. The van der Waals surface area contributed by atoms with Crippen molar-refractivity contribution in [1.82, 2.24) is 0 Å². The molecule has 0 aromatic heterocycles. The van der Waals surface area contributed by atoms with E-state index in [1.807, 2.05) is 25.1 Å². The van der Waals surface area contributed by atoms with Crippen LogP contribution in [0.25, 0.3) is 0 Å². The Morgan fingerprint density at radius 2 is 2.00 bits per heavy atom. The zero-order valence-corrected chi connectivity index (χ0v) is 10.4. The lowest BCUT2D eigenvalue weighted by Gasteiger charge is -2.16. The molecule has 0 fully saturated rings. The van der Waals surface area contributed by atoms with E-state index < -0.39 is 10.0 Å². The van der Waals surface area contributed by atoms with E-state index in [1.54, 1.807) is 6.07 Å². The van der Waals surface area contributed by atoms with Crippen molar-refractivity contribution in [2.75, 3.05) is 17.5 Å². The number of benzene rings is 1. The lowest BCUT2D eigenvalue weighted by Crippen LogP contribution is -2.13. The van der Waals surface area contributed by atoms with Gasteiger partial charge in [-0.15, -0.1) is 0 Å². The van der Waals surface area contributed by atoms with Crippen molar-refractivity contribution in [2.24, 2.45) is 5.73 Å². The highest BCUT2D eigenvalue weighted by Gasteiger charge is 2.11. The molecule has 0 bridgehead atoms. The summed E-state index contributed by atoms with van der Waals surface area (Å²) >= 11 is 0. The third-order valence-corrected chi connectivity index (χ3v) is 2.98. The first-order valence-corrected chi connectivity index (χ1v) is 7.10. The van der Waals surface area contributed by atoms with Gasteiger partial charge in [0.25, 0.3) is 0 Å². The summed E-state index contributed by atoms with van der Waals surface area (Å²) < 4.78 is 24.9. The Hall–Kier alpha value is -1.07. The SMILES string of the molecule is CC(CCN)c1ccccc1NS(C)(=O)=O. The quantitative estimate of drug-likeness (QED) is 0.822. The maximum Gasteiger partial charge on any atom is 0.229 e. The van der Waals surface area contributed by atoms with Crippen LogP contribution in [0.1, 0.15) is 24.8 Å². The molecule has 3 N–H and O–H groups in total. The number of para-hydroxylation sites is 1. The molecule has 1 unspecified atom stereocenters. The van der Waals surface area contributed by atoms with E-state index in [-0.39, 0.29) is 5.92 Å². The third kappa shape index (κ3) is 3.83. The standard InChI is InChI=1S/C11H18N2O2S/c1-9(7-8-12)10-5-3-4-6-11(10)13-16(2,14)15/h3-6,9,13H,7-8,12H2,1-2H3. The fraction of sp³-hybridized carbons (Fsp3) is 0.455. The average molecular weight is 242 g/mol. The molecule has 0 saturated carbocycles. The van der Waals surface area contributed by atoms with Gasteiger partial charge in [0, 0.05) is 0 Å². The molecule has 0 spiro atoms. The molecule has 1 atom stereocenters. The van der Waals surface area contributed by atoms with E-state index in [0.29, 0.717) is 12.2 Å².